The maximum atomic E-state index is 12.4. The zero-order chi connectivity index (χ0) is 20.4. The topological polar surface area (TPSA) is 89.4 Å². The number of aromatic hydroxyl groups is 1. The number of carbonyl (C=O) groups excluding carboxylic acids is 1. The molecule has 0 bridgehead atoms. The Balaban J connectivity index is 2.28. The van der Waals surface area contributed by atoms with Crippen LogP contribution in [0.5, 0.6) is 23.0 Å². The minimum Gasteiger partial charge on any atom is -0.503 e. The number of thioether (sulfide) groups is 1. The summed E-state index contributed by atoms with van der Waals surface area (Å²) in [5.41, 5.74) is 2.18. The third-order valence-electron chi connectivity index (χ3n) is 4.50. The maximum absolute atomic E-state index is 12.4. The normalized spacial score (nSPS) is 15.8. The van der Waals surface area contributed by atoms with E-state index in [0.29, 0.717) is 22.8 Å². The smallest absolute Gasteiger partial charge is 0.249 e. The number of methoxy groups -OCH3 is 3. The molecule has 148 valence electrons. The Morgan fingerprint density at radius 2 is 1.82 bits per heavy atom. The van der Waals surface area contributed by atoms with Crippen LogP contribution in [0, 0.1) is 0 Å². The van der Waals surface area contributed by atoms with E-state index in [9.17, 15) is 9.90 Å². The molecule has 1 aliphatic rings. The first-order valence-corrected chi connectivity index (χ1v) is 9.77. The molecule has 2 aromatic carbocycles. The molecule has 0 fully saturated rings. The summed E-state index contributed by atoms with van der Waals surface area (Å²) >= 11 is 1.51. The molecule has 2 N–H and O–H groups in total. The number of aliphatic imine (C=N–C) groups is 1. The number of ether oxygens (including phenoxy) is 3. The first-order valence-electron chi connectivity index (χ1n) is 8.54. The van der Waals surface area contributed by atoms with Crippen molar-refractivity contribution in [1.82, 2.24) is 0 Å². The van der Waals surface area contributed by atoms with Crippen LogP contribution < -0.4 is 19.5 Å². The van der Waals surface area contributed by atoms with Gasteiger partial charge in [0.25, 0.3) is 0 Å². The number of rotatable bonds is 5. The number of benzodiazepines with no additional fused rings is 1. The maximum Gasteiger partial charge on any atom is 0.249 e. The summed E-state index contributed by atoms with van der Waals surface area (Å²) < 4.78 is 16.1. The minimum atomic E-state index is -0.640. The second-order valence-corrected chi connectivity index (χ2v) is 6.94. The number of benzene rings is 2. The number of carbonyl (C=O) groups is 1. The first kappa shape index (κ1) is 19.9. The van der Waals surface area contributed by atoms with Crippen LogP contribution in [-0.4, -0.2) is 50.4 Å². The molecule has 0 saturated heterocycles. The number of phenolic OH excluding ortho intramolecular Hbond substituents is 1. The van der Waals surface area contributed by atoms with Crippen molar-refractivity contribution in [2.45, 2.75) is 17.9 Å². The molecule has 8 heteroatoms. The lowest BCUT2D eigenvalue weighted by Gasteiger charge is -2.17. The van der Waals surface area contributed by atoms with Gasteiger partial charge in [-0.15, -0.1) is 11.8 Å². The molecule has 0 aliphatic carbocycles. The van der Waals surface area contributed by atoms with Crippen molar-refractivity contribution in [2.75, 3.05) is 32.9 Å². The van der Waals surface area contributed by atoms with Gasteiger partial charge in [-0.1, -0.05) is 0 Å². The Labute approximate surface area is 167 Å². The van der Waals surface area contributed by atoms with Crippen LogP contribution in [0.3, 0.4) is 0 Å². The van der Waals surface area contributed by atoms with Crippen LogP contribution in [-0.2, 0) is 4.79 Å². The standard InChI is InChI=1S/C20H22N2O5S/c1-10-20(24)22-17-12(6-7-13(25-2)18(17)23)16(21-10)11-8-14(26-3)19(27-4)15(9-11)28-5/h6-10,23H,1-5H3,(H,22,24). The fraction of sp³-hybridized carbons (Fsp3) is 0.300. The number of fused-ring (bicyclic) bond motifs is 1. The molecular weight excluding hydrogens is 380 g/mol. The quantitative estimate of drug-likeness (QED) is 0.589. The molecule has 28 heavy (non-hydrogen) atoms. The van der Waals surface area contributed by atoms with Gasteiger partial charge in [0.1, 0.15) is 6.04 Å². The van der Waals surface area contributed by atoms with Crippen LogP contribution in [0.15, 0.2) is 34.2 Å². The van der Waals surface area contributed by atoms with Crippen LogP contribution in [0.2, 0.25) is 0 Å². The van der Waals surface area contributed by atoms with E-state index in [1.807, 2.05) is 18.4 Å². The minimum absolute atomic E-state index is 0.138. The number of phenols is 1. The molecular formula is C20H22N2O5S. The Kier molecular flexibility index (Phi) is 5.69. The predicted molar refractivity (Wildman–Crippen MR) is 110 cm³/mol. The lowest BCUT2D eigenvalue weighted by molar-refractivity contribution is -0.116. The highest BCUT2D eigenvalue weighted by Gasteiger charge is 2.27. The van der Waals surface area contributed by atoms with Gasteiger partial charge >= 0.3 is 0 Å². The van der Waals surface area contributed by atoms with E-state index in [1.54, 1.807) is 33.3 Å². The van der Waals surface area contributed by atoms with Crippen LogP contribution >= 0.6 is 11.8 Å². The average Bonchev–Trinajstić information content (AvgIpc) is 2.84. The van der Waals surface area contributed by atoms with Crippen LogP contribution in [0.4, 0.5) is 5.69 Å². The fourth-order valence-corrected chi connectivity index (χ4v) is 3.67. The SMILES string of the molecule is COc1ccc2c(c1O)NC(=O)C(C)N=C2c1cc(OC)c(OC)c(SC)c1. The van der Waals surface area contributed by atoms with Crippen LogP contribution in [0.1, 0.15) is 18.1 Å². The van der Waals surface area contributed by atoms with Crippen LogP contribution in [0.25, 0.3) is 0 Å². The zero-order valence-electron chi connectivity index (χ0n) is 16.3. The summed E-state index contributed by atoms with van der Waals surface area (Å²) in [6.45, 7) is 1.70. The molecule has 3 rings (SSSR count). The van der Waals surface area contributed by atoms with Gasteiger partial charge in [-0.05, 0) is 37.4 Å². The summed E-state index contributed by atoms with van der Waals surface area (Å²) in [4.78, 5) is 17.9. The third-order valence-corrected chi connectivity index (χ3v) is 5.25. The summed E-state index contributed by atoms with van der Waals surface area (Å²) in [5.74, 6) is 1.01. The van der Waals surface area contributed by atoms with E-state index < -0.39 is 6.04 Å². The van der Waals surface area contributed by atoms with Crippen molar-refractivity contribution in [1.29, 1.82) is 0 Å². The zero-order valence-corrected chi connectivity index (χ0v) is 17.1. The van der Waals surface area contributed by atoms with Gasteiger partial charge < -0.3 is 24.6 Å². The Hall–Kier alpha value is -2.87. The molecule has 0 saturated carbocycles. The van der Waals surface area contributed by atoms with E-state index in [2.05, 4.69) is 10.3 Å². The summed E-state index contributed by atoms with van der Waals surface area (Å²) in [7, 11) is 4.61. The Bertz CT molecular complexity index is 933. The molecule has 1 atom stereocenters. The van der Waals surface area contributed by atoms with Crippen molar-refractivity contribution in [3.63, 3.8) is 0 Å². The summed E-state index contributed by atoms with van der Waals surface area (Å²) in [6.07, 6.45) is 1.94. The van der Waals surface area contributed by atoms with Gasteiger partial charge in [0.2, 0.25) is 5.91 Å². The van der Waals surface area contributed by atoms with E-state index >= 15 is 0 Å². The van der Waals surface area contributed by atoms with E-state index in [1.165, 1.54) is 18.9 Å². The number of amides is 1. The molecule has 0 radical (unpaired) electrons. The Morgan fingerprint density at radius 1 is 1.11 bits per heavy atom. The summed E-state index contributed by atoms with van der Waals surface area (Å²) in [5, 5.41) is 13.3. The largest absolute Gasteiger partial charge is 0.503 e. The van der Waals surface area contributed by atoms with Gasteiger partial charge in [-0.3, -0.25) is 9.79 Å². The molecule has 0 spiro atoms. The number of nitrogens with one attached hydrogen (secondary N) is 1. The predicted octanol–water partition coefficient (Wildman–Crippen LogP) is 3.32. The summed E-state index contributed by atoms with van der Waals surface area (Å²) in [6, 6.07) is 6.50. The molecule has 2 aromatic rings. The molecule has 1 aliphatic heterocycles. The van der Waals surface area contributed by atoms with Crippen molar-refractivity contribution in [3.05, 3.63) is 35.4 Å². The second kappa shape index (κ2) is 8.02. The highest BCUT2D eigenvalue weighted by atomic mass is 32.2. The van der Waals surface area contributed by atoms with Gasteiger partial charge in [0.05, 0.1) is 37.6 Å². The van der Waals surface area contributed by atoms with Gasteiger partial charge in [0.15, 0.2) is 23.0 Å². The Morgan fingerprint density at radius 3 is 2.43 bits per heavy atom. The third kappa shape index (κ3) is 3.35. The highest BCUT2D eigenvalue weighted by Crippen LogP contribution is 2.42. The van der Waals surface area contributed by atoms with E-state index in [4.69, 9.17) is 14.2 Å². The molecule has 1 amide bonds. The van der Waals surface area contributed by atoms with E-state index in [-0.39, 0.29) is 23.1 Å². The lowest BCUT2D eigenvalue weighted by Crippen LogP contribution is -2.22. The number of hydrogen-bond acceptors (Lipinski definition) is 7. The lowest BCUT2D eigenvalue weighted by atomic mass is 9.99. The first-order chi connectivity index (χ1) is 13.4. The molecule has 1 heterocycles. The van der Waals surface area contributed by atoms with Gasteiger partial charge in [0, 0.05) is 11.1 Å². The monoisotopic (exact) mass is 402 g/mol. The van der Waals surface area contributed by atoms with Gasteiger partial charge in [-0.25, -0.2) is 0 Å². The van der Waals surface area contributed by atoms with Crippen molar-refractivity contribution in [2.24, 2.45) is 4.99 Å². The fourth-order valence-electron chi connectivity index (χ4n) is 3.06. The second-order valence-electron chi connectivity index (χ2n) is 6.10. The highest BCUT2D eigenvalue weighted by molar-refractivity contribution is 7.98. The van der Waals surface area contributed by atoms with Gasteiger partial charge in [-0.2, -0.15) is 0 Å². The van der Waals surface area contributed by atoms with Crippen molar-refractivity contribution >= 4 is 29.1 Å². The molecule has 1 unspecified atom stereocenters. The average molecular weight is 402 g/mol. The number of hydrogen-bond donors (Lipinski definition) is 2. The van der Waals surface area contributed by atoms with Crippen molar-refractivity contribution in [3.8, 4) is 23.0 Å². The van der Waals surface area contributed by atoms with Crippen molar-refractivity contribution < 1.29 is 24.1 Å². The molecule has 0 aromatic heterocycles. The molecule has 7 nitrogen and oxygen atoms in total. The number of nitrogens with zero attached hydrogens (tertiary/aromatic N) is 1. The van der Waals surface area contributed by atoms with E-state index in [0.717, 1.165) is 10.5 Å². The number of anilines is 1.